The first-order valence-electron chi connectivity index (χ1n) is 3.85. The molecule has 0 fully saturated rings. The summed E-state index contributed by atoms with van der Waals surface area (Å²) < 4.78 is 0. The SMILES string of the molecule is O=C(O)[C@H](O)C/C=C/CCCO.[Rf]. The van der Waals surface area contributed by atoms with E-state index in [1.165, 1.54) is 0 Å². The number of hydrogen-bond acceptors (Lipinski definition) is 3. The maximum absolute atomic E-state index is 10.1. The molecule has 4 nitrogen and oxygen atoms in total. The minimum atomic E-state index is -1.31. The molecule has 3 N–H and O–H groups in total. The van der Waals surface area contributed by atoms with Crippen molar-refractivity contribution in [1.82, 2.24) is 0 Å². The molecule has 0 aliphatic heterocycles. The molecular formula is C8H14O4Rf. The van der Waals surface area contributed by atoms with Crippen LogP contribution in [0.25, 0.3) is 0 Å². The quantitative estimate of drug-likeness (QED) is 0.406. The minimum absolute atomic E-state index is 0. The van der Waals surface area contributed by atoms with Crippen molar-refractivity contribution in [3.8, 4) is 0 Å². The molecular weight excluding hydrogens is 427 g/mol. The van der Waals surface area contributed by atoms with Gasteiger partial charge in [-0.15, -0.1) is 0 Å². The molecule has 0 saturated heterocycles. The van der Waals surface area contributed by atoms with Gasteiger partial charge in [0.1, 0.15) is 0 Å². The van der Waals surface area contributed by atoms with Gasteiger partial charge in [0.2, 0.25) is 0 Å². The van der Waals surface area contributed by atoms with Crippen molar-refractivity contribution in [3.63, 3.8) is 0 Å². The van der Waals surface area contributed by atoms with E-state index < -0.39 is 12.1 Å². The Morgan fingerprint density at radius 2 is 2.00 bits per heavy atom. The number of carboxylic acids is 1. The van der Waals surface area contributed by atoms with Gasteiger partial charge >= 0.3 is 5.97 Å². The molecule has 0 aromatic carbocycles. The first kappa shape index (κ1) is 13.7. The van der Waals surface area contributed by atoms with E-state index in [2.05, 4.69) is 0 Å². The number of carbonyl (C=O) groups is 1. The van der Waals surface area contributed by atoms with Crippen molar-refractivity contribution in [3.05, 3.63) is 12.2 Å². The summed E-state index contributed by atoms with van der Waals surface area (Å²) in [7, 11) is 0. The summed E-state index contributed by atoms with van der Waals surface area (Å²) in [5.41, 5.74) is 0. The Balaban J connectivity index is 0. The first-order valence-corrected chi connectivity index (χ1v) is 3.85. The van der Waals surface area contributed by atoms with Crippen LogP contribution in [0.1, 0.15) is 19.3 Å². The van der Waals surface area contributed by atoms with Crippen molar-refractivity contribution < 1.29 is 20.1 Å². The van der Waals surface area contributed by atoms with Gasteiger partial charge in [0.05, 0.1) is 0 Å². The third-order valence-corrected chi connectivity index (χ3v) is 1.34. The van der Waals surface area contributed by atoms with E-state index in [1.54, 1.807) is 12.2 Å². The molecule has 0 rings (SSSR count). The molecule has 0 aromatic heterocycles. The van der Waals surface area contributed by atoms with Crippen molar-refractivity contribution >= 4 is 5.97 Å². The Morgan fingerprint density at radius 3 is 2.46 bits per heavy atom. The number of allylic oxidation sites excluding steroid dienone is 1. The summed E-state index contributed by atoms with van der Waals surface area (Å²) in [6.45, 7) is 0.131. The van der Waals surface area contributed by atoms with Crippen LogP contribution >= 0.6 is 0 Å². The van der Waals surface area contributed by atoms with E-state index in [0.29, 0.717) is 12.8 Å². The molecule has 0 aliphatic carbocycles. The molecule has 0 saturated carbocycles. The van der Waals surface area contributed by atoms with Crippen LogP contribution in [0.2, 0.25) is 0 Å². The van der Waals surface area contributed by atoms with Crippen LogP contribution in [-0.2, 0) is 4.79 Å². The van der Waals surface area contributed by atoms with Crippen molar-refractivity contribution in [2.75, 3.05) is 6.61 Å². The average Bonchev–Trinajstić information content (AvgIpc) is 2.03. The molecule has 1 atom stereocenters. The standard InChI is InChI=1S/C8H14O4.Rf/c9-6-4-2-1-3-5-7(10)8(11)12;/h1,3,7,9-10H,2,4-6H2,(H,11,12);/b3-1+;/t7-;/m1./s1. The molecule has 0 bridgehead atoms. The summed E-state index contributed by atoms with van der Waals surface area (Å²) in [6, 6.07) is 0. The van der Waals surface area contributed by atoms with Gasteiger partial charge in [-0.05, 0) is 12.8 Å². The second-order valence-electron chi connectivity index (χ2n) is 2.43. The largest absolute Gasteiger partial charge is 0.479 e. The fourth-order valence-corrected chi connectivity index (χ4v) is 0.653. The zero-order valence-corrected chi connectivity index (χ0v) is 13.9. The van der Waals surface area contributed by atoms with Gasteiger partial charge in [-0.1, -0.05) is 12.2 Å². The predicted molar refractivity (Wildman–Crippen MR) is 43.7 cm³/mol. The van der Waals surface area contributed by atoms with Crippen molar-refractivity contribution in [2.45, 2.75) is 25.4 Å². The number of aliphatic carboxylic acids is 1. The molecule has 72 valence electrons. The van der Waals surface area contributed by atoms with Gasteiger partial charge in [0, 0.05) is 13.0 Å². The normalized spacial score (nSPS) is 12.5. The second kappa shape index (κ2) is 8.23. The fourth-order valence-electron chi connectivity index (χ4n) is 0.653. The molecule has 13 heavy (non-hydrogen) atoms. The molecule has 0 radical (unpaired) electrons. The van der Waals surface area contributed by atoms with E-state index in [4.69, 9.17) is 15.3 Å². The Morgan fingerprint density at radius 1 is 1.38 bits per heavy atom. The summed E-state index contributed by atoms with van der Waals surface area (Å²) in [5.74, 6) is -1.21. The summed E-state index contributed by atoms with van der Waals surface area (Å²) in [6.07, 6.45) is 3.55. The zero-order chi connectivity index (χ0) is 9.40. The van der Waals surface area contributed by atoms with Crippen LogP contribution in [0.4, 0.5) is 0 Å². The first-order chi connectivity index (χ1) is 5.68. The molecule has 0 spiro atoms. The minimum Gasteiger partial charge on any atom is -0.479 e. The van der Waals surface area contributed by atoms with Gasteiger partial charge in [-0.3, -0.25) is 0 Å². The maximum Gasteiger partial charge on any atom is 0.332 e. The second-order valence-corrected chi connectivity index (χ2v) is 2.43. The van der Waals surface area contributed by atoms with E-state index in [0.717, 1.165) is 0 Å². The van der Waals surface area contributed by atoms with E-state index in [-0.39, 0.29) is 13.0 Å². The smallest absolute Gasteiger partial charge is 0.332 e. The number of hydrogen-bond donors (Lipinski definition) is 3. The average molecular weight is 441 g/mol. The molecule has 0 heterocycles. The Kier molecular flexibility index (Phi) is 8.67. The molecule has 5 heteroatoms. The molecule has 0 aliphatic rings. The Labute approximate surface area is 71.1 Å². The Hall–Kier alpha value is -1.87. The zero-order valence-electron chi connectivity index (χ0n) is 7.52. The molecule has 0 unspecified atom stereocenters. The number of unbranched alkanes of at least 4 members (excludes halogenated alkanes) is 1. The molecule has 0 amide bonds. The van der Waals surface area contributed by atoms with Gasteiger partial charge in [0.25, 0.3) is 0 Å². The number of aliphatic hydroxyl groups excluding tert-OH is 2. The number of aliphatic hydroxyl groups is 2. The van der Waals surface area contributed by atoms with Crippen LogP contribution in [0.5, 0.6) is 0 Å². The van der Waals surface area contributed by atoms with Crippen LogP contribution in [0, 0.1) is 0 Å². The summed E-state index contributed by atoms with van der Waals surface area (Å²) in [5, 5.41) is 25.4. The molecule has 0 aromatic rings. The van der Waals surface area contributed by atoms with Crippen LogP contribution in [-0.4, -0.2) is 34.0 Å². The number of rotatable bonds is 6. The topological polar surface area (TPSA) is 77.8 Å². The van der Waals surface area contributed by atoms with Crippen LogP contribution in [0.15, 0.2) is 12.2 Å². The van der Waals surface area contributed by atoms with Crippen LogP contribution < -0.4 is 0 Å². The number of carboxylic acid groups (broad SMARTS) is 1. The van der Waals surface area contributed by atoms with E-state index in [1.807, 2.05) is 0 Å². The fraction of sp³-hybridized carbons (Fsp3) is 0.625. The Bertz CT molecular complexity index is 158. The summed E-state index contributed by atoms with van der Waals surface area (Å²) in [4.78, 5) is 10.1. The van der Waals surface area contributed by atoms with Gasteiger partial charge in [-0.2, -0.15) is 0 Å². The van der Waals surface area contributed by atoms with E-state index >= 15 is 0 Å². The third-order valence-electron chi connectivity index (χ3n) is 1.34. The van der Waals surface area contributed by atoms with Crippen LogP contribution in [0.3, 0.4) is 0 Å². The van der Waals surface area contributed by atoms with Gasteiger partial charge in [-0.25, -0.2) is 4.79 Å². The van der Waals surface area contributed by atoms with E-state index in [9.17, 15) is 4.79 Å². The maximum atomic E-state index is 10.1. The predicted octanol–water partition coefficient (Wildman–Crippen LogP) is 0.151. The van der Waals surface area contributed by atoms with Gasteiger partial charge in [0.15, 0.2) is 6.10 Å². The van der Waals surface area contributed by atoms with Crippen molar-refractivity contribution in [2.24, 2.45) is 0 Å². The summed E-state index contributed by atoms with van der Waals surface area (Å²) >= 11 is 0. The van der Waals surface area contributed by atoms with Gasteiger partial charge < -0.3 is 15.3 Å². The monoisotopic (exact) mass is 441 g/mol. The van der Waals surface area contributed by atoms with Crippen molar-refractivity contribution in [1.29, 1.82) is 0 Å². The third kappa shape index (κ3) is 8.03.